The van der Waals surface area contributed by atoms with Gasteiger partial charge in [0.15, 0.2) is 0 Å². The Kier molecular flexibility index (Phi) is 3.69. The van der Waals surface area contributed by atoms with Crippen molar-refractivity contribution in [3.8, 4) is 0 Å². The Hall–Kier alpha value is -2.11. The zero-order valence-electron chi connectivity index (χ0n) is 10.5. The van der Waals surface area contributed by atoms with Gasteiger partial charge in [-0.2, -0.15) is 0 Å². The number of aliphatic carboxylic acids is 1. The first-order valence-corrected chi connectivity index (χ1v) is 6.05. The third-order valence-corrected chi connectivity index (χ3v) is 3.24. The maximum Gasteiger partial charge on any atom is 0.326 e. The Balaban J connectivity index is 2.12. The van der Waals surface area contributed by atoms with Crippen LogP contribution < -0.4 is 5.32 Å². The van der Waals surface area contributed by atoms with E-state index in [0.29, 0.717) is 25.1 Å². The summed E-state index contributed by atoms with van der Waals surface area (Å²) in [5.74, 6) is -1.46. The van der Waals surface area contributed by atoms with Gasteiger partial charge in [-0.05, 0) is 37.5 Å². The highest BCUT2D eigenvalue weighted by Crippen LogP contribution is 2.21. The predicted octanol–water partition coefficient (Wildman–Crippen LogP) is 2.22. The summed E-state index contributed by atoms with van der Waals surface area (Å²) < 4.78 is 13.1. The van der Waals surface area contributed by atoms with Crippen molar-refractivity contribution in [2.24, 2.45) is 0 Å². The molecule has 0 bridgehead atoms. The number of halogens is 1. The lowest BCUT2D eigenvalue weighted by atomic mass is 10.2. The first-order valence-electron chi connectivity index (χ1n) is 6.05. The number of benzene rings is 1. The number of nitrogens with zero attached hydrogens (tertiary/aromatic N) is 1. The fourth-order valence-electron chi connectivity index (χ4n) is 2.18. The van der Waals surface area contributed by atoms with E-state index in [9.17, 15) is 14.0 Å². The molecule has 6 heteroatoms. The van der Waals surface area contributed by atoms with E-state index in [2.05, 4.69) is 5.32 Å². The monoisotopic (exact) mass is 266 g/mol. The molecule has 0 unspecified atom stereocenters. The number of carbonyl (C=O) groups excluding carboxylic acids is 1. The van der Waals surface area contributed by atoms with Crippen molar-refractivity contribution in [1.29, 1.82) is 0 Å². The van der Waals surface area contributed by atoms with E-state index in [1.54, 1.807) is 13.0 Å². The molecule has 2 amide bonds. The molecule has 2 rings (SSSR count). The highest BCUT2D eigenvalue weighted by molar-refractivity contribution is 5.93. The Morgan fingerprint density at radius 2 is 2.21 bits per heavy atom. The van der Waals surface area contributed by atoms with E-state index in [1.807, 2.05) is 0 Å². The van der Waals surface area contributed by atoms with Crippen LogP contribution in [0.2, 0.25) is 0 Å². The van der Waals surface area contributed by atoms with Gasteiger partial charge in [0.05, 0.1) is 0 Å². The van der Waals surface area contributed by atoms with Crippen LogP contribution in [-0.2, 0) is 4.79 Å². The fourth-order valence-corrected chi connectivity index (χ4v) is 2.18. The van der Waals surface area contributed by atoms with Gasteiger partial charge in [0.1, 0.15) is 11.9 Å². The lowest BCUT2D eigenvalue weighted by Gasteiger charge is -2.22. The van der Waals surface area contributed by atoms with E-state index in [-0.39, 0.29) is 0 Å². The number of hydrogen-bond donors (Lipinski definition) is 2. The van der Waals surface area contributed by atoms with Crippen LogP contribution in [0.15, 0.2) is 18.2 Å². The molecule has 1 aliphatic heterocycles. The Morgan fingerprint density at radius 3 is 2.89 bits per heavy atom. The Labute approximate surface area is 110 Å². The molecule has 19 heavy (non-hydrogen) atoms. The summed E-state index contributed by atoms with van der Waals surface area (Å²) in [6.45, 7) is 2.14. The molecule has 1 aromatic carbocycles. The molecule has 1 aliphatic rings. The summed E-state index contributed by atoms with van der Waals surface area (Å²) in [7, 11) is 0. The second kappa shape index (κ2) is 5.26. The van der Waals surface area contributed by atoms with Crippen molar-refractivity contribution in [1.82, 2.24) is 4.90 Å². The van der Waals surface area contributed by atoms with Crippen LogP contribution in [-0.4, -0.2) is 34.6 Å². The van der Waals surface area contributed by atoms with Crippen LogP contribution in [0.3, 0.4) is 0 Å². The van der Waals surface area contributed by atoms with E-state index in [0.717, 1.165) is 5.56 Å². The number of urea groups is 1. The van der Waals surface area contributed by atoms with Crippen molar-refractivity contribution >= 4 is 17.7 Å². The number of hydrogen-bond acceptors (Lipinski definition) is 2. The van der Waals surface area contributed by atoms with Crippen LogP contribution in [0.4, 0.5) is 14.9 Å². The van der Waals surface area contributed by atoms with Gasteiger partial charge < -0.3 is 15.3 Å². The molecule has 0 saturated carbocycles. The number of amides is 2. The summed E-state index contributed by atoms with van der Waals surface area (Å²) in [5.41, 5.74) is 1.09. The van der Waals surface area contributed by atoms with Gasteiger partial charge in [-0.1, -0.05) is 6.07 Å². The predicted molar refractivity (Wildman–Crippen MR) is 67.5 cm³/mol. The van der Waals surface area contributed by atoms with Crippen molar-refractivity contribution in [2.75, 3.05) is 11.9 Å². The van der Waals surface area contributed by atoms with E-state index in [1.165, 1.54) is 17.0 Å². The first-order chi connectivity index (χ1) is 8.99. The molecule has 102 valence electrons. The maximum absolute atomic E-state index is 13.1. The van der Waals surface area contributed by atoms with Gasteiger partial charge in [-0.25, -0.2) is 14.0 Å². The van der Waals surface area contributed by atoms with Crippen molar-refractivity contribution < 1.29 is 19.1 Å². The minimum absolute atomic E-state index is 0.362. The van der Waals surface area contributed by atoms with Gasteiger partial charge in [0, 0.05) is 12.2 Å². The minimum Gasteiger partial charge on any atom is -0.480 e. The normalized spacial score (nSPS) is 18.4. The number of carboxylic acids is 1. The van der Waals surface area contributed by atoms with E-state index in [4.69, 9.17) is 5.11 Å². The molecule has 1 aromatic rings. The molecule has 1 atom stereocenters. The molecule has 5 nitrogen and oxygen atoms in total. The minimum atomic E-state index is -1.01. The number of anilines is 1. The number of aryl methyl sites for hydroxylation is 1. The third kappa shape index (κ3) is 2.83. The SMILES string of the molecule is Cc1ccc(F)cc1NC(=O)N1CCC[C@@H]1C(=O)O. The molecule has 0 aliphatic carbocycles. The standard InChI is InChI=1S/C13H15FN2O3/c1-8-4-5-9(14)7-10(8)15-13(19)16-6-2-3-11(16)12(17)18/h4-5,7,11H,2-3,6H2,1H3,(H,15,19)(H,17,18)/t11-/m1/s1. The van der Waals surface area contributed by atoms with Gasteiger partial charge in [0.2, 0.25) is 0 Å². The maximum atomic E-state index is 13.1. The molecule has 0 spiro atoms. The number of nitrogens with one attached hydrogen (secondary N) is 1. The third-order valence-electron chi connectivity index (χ3n) is 3.24. The number of likely N-dealkylation sites (tertiary alicyclic amines) is 1. The summed E-state index contributed by atoms with van der Waals surface area (Å²) in [6.07, 6.45) is 1.11. The fraction of sp³-hybridized carbons (Fsp3) is 0.385. The van der Waals surface area contributed by atoms with Gasteiger partial charge in [-0.15, -0.1) is 0 Å². The molecule has 0 radical (unpaired) electrons. The number of carboxylic acid groups (broad SMARTS) is 1. The average Bonchev–Trinajstić information content (AvgIpc) is 2.83. The summed E-state index contributed by atoms with van der Waals surface area (Å²) in [5, 5.41) is 11.6. The Bertz CT molecular complexity index is 519. The second-order valence-corrected chi connectivity index (χ2v) is 4.58. The second-order valence-electron chi connectivity index (χ2n) is 4.58. The van der Waals surface area contributed by atoms with Crippen LogP contribution in [0.25, 0.3) is 0 Å². The van der Waals surface area contributed by atoms with Crippen LogP contribution in [0.1, 0.15) is 18.4 Å². The Morgan fingerprint density at radius 1 is 1.47 bits per heavy atom. The molecular formula is C13H15FN2O3. The highest BCUT2D eigenvalue weighted by Gasteiger charge is 2.34. The van der Waals surface area contributed by atoms with Crippen LogP contribution in [0.5, 0.6) is 0 Å². The summed E-state index contributed by atoms with van der Waals surface area (Å²) in [4.78, 5) is 24.3. The zero-order chi connectivity index (χ0) is 14.0. The zero-order valence-corrected chi connectivity index (χ0v) is 10.5. The summed E-state index contributed by atoms with van der Waals surface area (Å²) in [6, 6.07) is 2.79. The number of rotatable bonds is 2. The van der Waals surface area contributed by atoms with Crippen molar-refractivity contribution in [3.63, 3.8) is 0 Å². The quantitative estimate of drug-likeness (QED) is 0.862. The smallest absolute Gasteiger partial charge is 0.326 e. The van der Waals surface area contributed by atoms with Crippen LogP contribution >= 0.6 is 0 Å². The number of carbonyl (C=O) groups is 2. The van der Waals surface area contributed by atoms with E-state index >= 15 is 0 Å². The molecular weight excluding hydrogens is 251 g/mol. The molecule has 1 heterocycles. The van der Waals surface area contributed by atoms with Crippen molar-refractivity contribution in [3.05, 3.63) is 29.6 Å². The van der Waals surface area contributed by atoms with Crippen LogP contribution in [0, 0.1) is 12.7 Å². The highest BCUT2D eigenvalue weighted by atomic mass is 19.1. The van der Waals surface area contributed by atoms with Gasteiger partial charge >= 0.3 is 12.0 Å². The van der Waals surface area contributed by atoms with Crippen molar-refractivity contribution in [2.45, 2.75) is 25.8 Å². The molecule has 2 N–H and O–H groups in total. The topological polar surface area (TPSA) is 69.6 Å². The van der Waals surface area contributed by atoms with Gasteiger partial charge in [0.25, 0.3) is 0 Å². The van der Waals surface area contributed by atoms with E-state index < -0.39 is 23.9 Å². The lowest BCUT2D eigenvalue weighted by Crippen LogP contribution is -2.42. The lowest BCUT2D eigenvalue weighted by molar-refractivity contribution is -0.141. The molecule has 1 fully saturated rings. The van der Waals surface area contributed by atoms with Gasteiger partial charge in [-0.3, -0.25) is 0 Å². The average molecular weight is 266 g/mol. The summed E-state index contributed by atoms with van der Waals surface area (Å²) >= 11 is 0. The molecule has 1 saturated heterocycles. The largest absolute Gasteiger partial charge is 0.480 e. The first kappa shape index (κ1) is 13.3. The molecule has 0 aromatic heterocycles.